The van der Waals surface area contributed by atoms with Gasteiger partial charge < -0.3 is 0 Å². The average molecular weight is 481 g/mol. The van der Waals surface area contributed by atoms with Crippen LogP contribution in [-0.4, -0.2) is 6.16 Å². The summed E-state index contributed by atoms with van der Waals surface area (Å²) >= 11 is 0. The smallest absolute Gasteiger partial charge is 0.0160 e. The summed E-state index contributed by atoms with van der Waals surface area (Å²) in [6.45, 7) is 11.7. The van der Waals surface area contributed by atoms with Gasteiger partial charge in [0.2, 0.25) is 0 Å². The average Bonchev–Trinajstić information content (AvgIpc) is 2.85. The largest absolute Gasteiger partial charge is 0.0654 e. The molecule has 2 aromatic rings. The minimum atomic E-state index is -0.290. The third kappa shape index (κ3) is 9.15. The predicted octanol–water partition coefficient (Wildman–Crippen LogP) is 9.82. The van der Waals surface area contributed by atoms with Gasteiger partial charge in [-0.2, -0.15) is 0 Å². The molecule has 0 aliphatic heterocycles. The minimum Gasteiger partial charge on any atom is -0.0654 e. The molecule has 0 saturated carbocycles. The zero-order valence-electron chi connectivity index (χ0n) is 23.2. The molecule has 0 N–H and O–H groups in total. The molecule has 1 heteroatoms. The number of unbranched alkanes of at least 4 members (excludes halogenated alkanes) is 8. The van der Waals surface area contributed by atoms with Crippen molar-refractivity contribution >= 4 is 18.5 Å². The Morgan fingerprint density at radius 2 is 1.12 bits per heavy atom. The van der Waals surface area contributed by atoms with E-state index in [1.165, 1.54) is 108 Å². The summed E-state index contributed by atoms with van der Waals surface area (Å²) in [5.41, 5.74) is 6.64. The fourth-order valence-electron chi connectivity index (χ4n) is 5.17. The fourth-order valence-corrected chi connectivity index (χ4v) is 8.04. The molecule has 1 atom stereocenters. The SMILES string of the molecule is CCCCCCCCP(c1ccccc1C)c1ccc(CCCC)c(CCCC)c1CCCC. The summed E-state index contributed by atoms with van der Waals surface area (Å²) in [5.74, 6) is 0. The van der Waals surface area contributed by atoms with Gasteiger partial charge in [-0.15, -0.1) is 0 Å². The van der Waals surface area contributed by atoms with Crippen LogP contribution >= 0.6 is 7.92 Å². The lowest BCUT2D eigenvalue weighted by atomic mass is 9.91. The molecule has 0 saturated heterocycles. The molecule has 0 aliphatic rings. The molecule has 0 fully saturated rings. The molecule has 0 amide bonds. The number of aryl methyl sites for hydroxylation is 2. The van der Waals surface area contributed by atoms with Gasteiger partial charge in [0.15, 0.2) is 0 Å². The first-order chi connectivity index (χ1) is 16.7. The lowest BCUT2D eigenvalue weighted by Gasteiger charge is -2.27. The first-order valence-electron chi connectivity index (χ1n) is 14.6. The molecule has 0 heterocycles. The molecule has 0 aromatic heterocycles. The lowest BCUT2D eigenvalue weighted by Crippen LogP contribution is -2.22. The van der Waals surface area contributed by atoms with E-state index in [0.29, 0.717) is 0 Å². The van der Waals surface area contributed by atoms with Crippen molar-refractivity contribution in [1.29, 1.82) is 0 Å². The van der Waals surface area contributed by atoms with Crippen molar-refractivity contribution in [2.75, 3.05) is 6.16 Å². The summed E-state index contributed by atoms with van der Waals surface area (Å²) in [7, 11) is -0.290. The van der Waals surface area contributed by atoms with E-state index in [-0.39, 0.29) is 7.92 Å². The number of benzene rings is 2. The second-order valence-electron chi connectivity index (χ2n) is 10.2. The van der Waals surface area contributed by atoms with E-state index < -0.39 is 0 Å². The van der Waals surface area contributed by atoms with Crippen LogP contribution in [0.25, 0.3) is 0 Å². The van der Waals surface area contributed by atoms with E-state index >= 15 is 0 Å². The molecule has 0 aliphatic carbocycles. The van der Waals surface area contributed by atoms with Crippen LogP contribution in [0.4, 0.5) is 0 Å². The molecule has 0 radical (unpaired) electrons. The van der Waals surface area contributed by atoms with Crippen molar-refractivity contribution < 1.29 is 0 Å². The van der Waals surface area contributed by atoms with Crippen molar-refractivity contribution in [3.8, 4) is 0 Å². The second kappa shape index (κ2) is 17.3. The third-order valence-electron chi connectivity index (χ3n) is 7.30. The molecule has 34 heavy (non-hydrogen) atoms. The van der Waals surface area contributed by atoms with Gasteiger partial charge >= 0.3 is 0 Å². The molecule has 0 nitrogen and oxygen atoms in total. The van der Waals surface area contributed by atoms with Gasteiger partial charge in [0, 0.05) is 0 Å². The van der Waals surface area contributed by atoms with Crippen LogP contribution in [0.3, 0.4) is 0 Å². The number of hydrogen-bond acceptors (Lipinski definition) is 0. The van der Waals surface area contributed by atoms with E-state index in [0.717, 1.165) is 0 Å². The van der Waals surface area contributed by atoms with E-state index in [1.807, 2.05) is 0 Å². The Kier molecular flexibility index (Phi) is 14.8. The number of rotatable bonds is 18. The first-order valence-corrected chi connectivity index (χ1v) is 16.2. The van der Waals surface area contributed by atoms with Gasteiger partial charge in [-0.1, -0.05) is 115 Å². The highest BCUT2D eigenvalue weighted by Crippen LogP contribution is 2.39. The maximum atomic E-state index is 2.58. The lowest BCUT2D eigenvalue weighted by molar-refractivity contribution is 0.626. The summed E-state index contributed by atoms with van der Waals surface area (Å²) in [5, 5.41) is 3.35. The van der Waals surface area contributed by atoms with Crippen LogP contribution < -0.4 is 10.6 Å². The van der Waals surface area contributed by atoms with Gasteiger partial charge in [0.05, 0.1) is 0 Å². The third-order valence-corrected chi connectivity index (χ3v) is 10.1. The standard InChI is InChI=1S/C33H53P/c1-6-10-14-15-16-19-27-34(32-24-18-17-20-28(32)5)33-26-25-29(21-11-7-2)30(22-12-8-3)31(33)23-13-9-4/h17-18,20,24-26H,6-16,19,21-23,27H2,1-5H3. The summed E-state index contributed by atoms with van der Waals surface area (Å²) in [6.07, 6.45) is 21.3. The van der Waals surface area contributed by atoms with E-state index in [1.54, 1.807) is 27.3 Å². The topological polar surface area (TPSA) is 0 Å². The Bertz CT molecular complexity index is 806. The summed E-state index contributed by atoms with van der Waals surface area (Å²) < 4.78 is 0. The molecular formula is C33H53P. The van der Waals surface area contributed by atoms with Crippen LogP contribution in [0.5, 0.6) is 0 Å². The van der Waals surface area contributed by atoms with Crippen LogP contribution in [0.1, 0.15) is 127 Å². The normalized spacial score (nSPS) is 12.3. The monoisotopic (exact) mass is 480 g/mol. The van der Waals surface area contributed by atoms with Gasteiger partial charge in [0.25, 0.3) is 0 Å². The van der Waals surface area contributed by atoms with Crippen molar-refractivity contribution in [2.24, 2.45) is 0 Å². The molecule has 2 aromatic carbocycles. The molecular weight excluding hydrogens is 427 g/mol. The van der Waals surface area contributed by atoms with Crippen molar-refractivity contribution in [3.63, 3.8) is 0 Å². The van der Waals surface area contributed by atoms with Crippen molar-refractivity contribution in [3.05, 3.63) is 58.7 Å². The minimum absolute atomic E-state index is 0.290. The maximum absolute atomic E-state index is 2.58. The zero-order valence-corrected chi connectivity index (χ0v) is 24.1. The van der Waals surface area contributed by atoms with E-state index in [4.69, 9.17) is 0 Å². The fraction of sp³-hybridized carbons (Fsp3) is 0.636. The van der Waals surface area contributed by atoms with Crippen LogP contribution in [0, 0.1) is 6.92 Å². The molecule has 0 spiro atoms. The maximum Gasteiger partial charge on any atom is -0.0160 e. The molecule has 1 unspecified atom stereocenters. The first kappa shape index (κ1) is 29.1. The highest BCUT2D eigenvalue weighted by molar-refractivity contribution is 7.73. The van der Waals surface area contributed by atoms with Gasteiger partial charge in [-0.05, 0) is 98.8 Å². The summed E-state index contributed by atoms with van der Waals surface area (Å²) in [6, 6.07) is 14.4. The van der Waals surface area contributed by atoms with E-state index in [2.05, 4.69) is 71.0 Å². The highest BCUT2D eigenvalue weighted by atomic mass is 31.1. The molecule has 2 rings (SSSR count). The molecule has 0 bridgehead atoms. The van der Waals surface area contributed by atoms with Crippen molar-refractivity contribution in [2.45, 2.75) is 131 Å². The van der Waals surface area contributed by atoms with Gasteiger partial charge in [0.1, 0.15) is 0 Å². The Morgan fingerprint density at radius 3 is 1.79 bits per heavy atom. The van der Waals surface area contributed by atoms with Gasteiger partial charge in [-0.3, -0.25) is 0 Å². The predicted molar refractivity (Wildman–Crippen MR) is 158 cm³/mol. The van der Waals surface area contributed by atoms with Crippen LogP contribution in [-0.2, 0) is 19.3 Å². The molecule has 190 valence electrons. The second-order valence-corrected chi connectivity index (χ2v) is 12.5. The zero-order chi connectivity index (χ0) is 24.6. The van der Waals surface area contributed by atoms with Crippen molar-refractivity contribution in [1.82, 2.24) is 0 Å². The summed E-state index contributed by atoms with van der Waals surface area (Å²) in [4.78, 5) is 0. The Morgan fingerprint density at radius 1 is 0.529 bits per heavy atom. The Hall–Kier alpha value is -1.13. The van der Waals surface area contributed by atoms with Crippen LogP contribution in [0.2, 0.25) is 0 Å². The van der Waals surface area contributed by atoms with E-state index in [9.17, 15) is 0 Å². The Labute approximate surface area is 214 Å². The number of hydrogen-bond donors (Lipinski definition) is 0. The van der Waals surface area contributed by atoms with Crippen LogP contribution in [0.15, 0.2) is 36.4 Å². The Balaban J connectivity index is 2.47. The highest BCUT2D eigenvalue weighted by Gasteiger charge is 2.22. The quantitative estimate of drug-likeness (QED) is 0.147. The van der Waals surface area contributed by atoms with Gasteiger partial charge in [-0.25, -0.2) is 0 Å².